The van der Waals surface area contributed by atoms with Gasteiger partial charge in [-0.15, -0.1) is 24.0 Å². The molecule has 3 rings (SSSR count). The summed E-state index contributed by atoms with van der Waals surface area (Å²) in [6.07, 6.45) is 3.55. The monoisotopic (exact) mass is 532 g/mol. The molecule has 0 bridgehead atoms. The Hall–Kier alpha value is -1.36. The normalized spacial score (nSPS) is 19.4. The first-order chi connectivity index (χ1) is 14.0. The fourth-order valence-corrected chi connectivity index (χ4v) is 4.42. The first kappa shape index (κ1) is 24.9. The number of hydrogen-bond donors (Lipinski definition) is 1. The van der Waals surface area contributed by atoms with Gasteiger partial charge in [-0.25, -0.2) is 0 Å². The Kier molecular flexibility index (Phi) is 9.86. The predicted octanol–water partition coefficient (Wildman–Crippen LogP) is 2.22. The minimum atomic E-state index is 0. The minimum absolute atomic E-state index is 0. The lowest BCUT2D eigenvalue weighted by molar-refractivity contribution is -0.133. The predicted molar refractivity (Wildman–Crippen MR) is 130 cm³/mol. The highest BCUT2D eigenvalue weighted by molar-refractivity contribution is 14.0. The summed E-state index contributed by atoms with van der Waals surface area (Å²) in [6.45, 7) is 12.9. The lowest BCUT2D eigenvalue weighted by Gasteiger charge is -2.37. The van der Waals surface area contributed by atoms with E-state index in [2.05, 4.69) is 32.2 Å². The summed E-state index contributed by atoms with van der Waals surface area (Å²) < 4.78 is 5.30. The Morgan fingerprint density at radius 3 is 2.33 bits per heavy atom. The zero-order valence-electron chi connectivity index (χ0n) is 18.8. The molecule has 1 aromatic rings. The van der Waals surface area contributed by atoms with Gasteiger partial charge in [0.2, 0.25) is 5.91 Å². The SMILES string of the molecule is CN=C(NCC(C)c1c(C)noc1C)N1CCN(CC(=O)N2CCCCC2)CC1.I. The molecule has 2 saturated heterocycles. The standard InChI is InChI=1S/C21H36N6O2.HI/c1-16(20-17(2)24-29-18(20)3)14-23-21(22-4)27-12-10-25(11-13-27)15-19(28)26-8-6-5-7-9-26;/h16H,5-15H2,1-4H3,(H,22,23);1H. The second-order valence-electron chi connectivity index (χ2n) is 8.27. The molecule has 170 valence electrons. The van der Waals surface area contributed by atoms with Crippen LogP contribution in [0.3, 0.4) is 0 Å². The van der Waals surface area contributed by atoms with Crippen molar-refractivity contribution in [1.29, 1.82) is 0 Å². The van der Waals surface area contributed by atoms with Gasteiger partial charge in [-0.1, -0.05) is 12.1 Å². The highest BCUT2D eigenvalue weighted by atomic mass is 127. The zero-order chi connectivity index (χ0) is 20.8. The third-order valence-electron chi connectivity index (χ3n) is 6.10. The van der Waals surface area contributed by atoms with E-state index >= 15 is 0 Å². The molecule has 0 radical (unpaired) electrons. The molecule has 2 aliphatic rings. The number of rotatable bonds is 5. The summed E-state index contributed by atoms with van der Waals surface area (Å²) in [6, 6.07) is 0. The van der Waals surface area contributed by atoms with E-state index in [-0.39, 0.29) is 29.9 Å². The number of carbonyl (C=O) groups is 1. The van der Waals surface area contributed by atoms with E-state index in [4.69, 9.17) is 4.52 Å². The van der Waals surface area contributed by atoms with Crippen LogP contribution in [-0.2, 0) is 4.79 Å². The zero-order valence-corrected chi connectivity index (χ0v) is 21.1. The van der Waals surface area contributed by atoms with Crippen molar-refractivity contribution in [2.24, 2.45) is 4.99 Å². The molecular formula is C21H37IN6O2. The highest BCUT2D eigenvalue weighted by Gasteiger charge is 2.24. The number of aryl methyl sites for hydroxylation is 2. The summed E-state index contributed by atoms with van der Waals surface area (Å²) in [7, 11) is 1.83. The van der Waals surface area contributed by atoms with Crippen molar-refractivity contribution in [2.45, 2.75) is 46.0 Å². The van der Waals surface area contributed by atoms with Crippen LogP contribution in [0.2, 0.25) is 0 Å². The highest BCUT2D eigenvalue weighted by Crippen LogP contribution is 2.22. The number of guanidine groups is 1. The molecule has 1 aromatic heterocycles. The Morgan fingerprint density at radius 2 is 1.77 bits per heavy atom. The van der Waals surface area contributed by atoms with Gasteiger partial charge in [-0.05, 0) is 33.1 Å². The maximum Gasteiger partial charge on any atom is 0.236 e. The van der Waals surface area contributed by atoms with Crippen LogP contribution in [-0.4, -0.2) is 91.1 Å². The molecule has 2 fully saturated rings. The number of aromatic nitrogens is 1. The van der Waals surface area contributed by atoms with Gasteiger partial charge >= 0.3 is 0 Å². The van der Waals surface area contributed by atoms with Crippen LogP contribution in [0, 0.1) is 13.8 Å². The number of likely N-dealkylation sites (tertiary alicyclic amines) is 1. The van der Waals surface area contributed by atoms with Gasteiger partial charge in [-0.3, -0.25) is 14.7 Å². The van der Waals surface area contributed by atoms with E-state index in [0.29, 0.717) is 12.5 Å². The van der Waals surface area contributed by atoms with Crippen LogP contribution in [0.4, 0.5) is 0 Å². The molecule has 0 aromatic carbocycles. The van der Waals surface area contributed by atoms with Crippen LogP contribution in [0.25, 0.3) is 0 Å². The smallest absolute Gasteiger partial charge is 0.236 e. The lowest BCUT2D eigenvalue weighted by Crippen LogP contribution is -2.54. The molecule has 0 spiro atoms. The maximum absolute atomic E-state index is 12.5. The van der Waals surface area contributed by atoms with Crippen molar-refractivity contribution < 1.29 is 9.32 Å². The quantitative estimate of drug-likeness (QED) is 0.356. The average molecular weight is 532 g/mol. The molecule has 0 saturated carbocycles. The molecule has 8 nitrogen and oxygen atoms in total. The second-order valence-corrected chi connectivity index (χ2v) is 8.27. The first-order valence-corrected chi connectivity index (χ1v) is 10.9. The van der Waals surface area contributed by atoms with E-state index in [9.17, 15) is 4.79 Å². The average Bonchev–Trinajstić information content (AvgIpc) is 3.08. The molecular weight excluding hydrogens is 495 g/mol. The van der Waals surface area contributed by atoms with Gasteiger partial charge in [-0.2, -0.15) is 0 Å². The fourth-order valence-electron chi connectivity index (χ4n) is 4.42. The summed E-state index contributed by atoms with van der Waals surface area (Å²) in [5.41, 5.74) is 2.13. The number of halogens is 1. The number of aliphatic imine (C=N–C) groups is 1. The van der Waals surface area contributed by atoms with E-state index < -0.39 is 0 Å². The van der Waals surface area contributed by atoms with Gasteiger partial charge in [0.15, 0.2) is 5.96 Å². The van der Waals surface area contributed by atoms with Crippen LogP contribution in [0.1, 0.15) is 49.1 Å². The third kappa shape index (κ3) is 6.32. The molecule has 1 N–H and O–H groups in total. The summed E-state index contributed by atoms with van der Waals surface area (Å²) in [4.78, 5) is 23.6. The second kappa shape index (κ2) is 11.9. The Labute approximate surface area is 197 Å². The molecule has 9 heteroatoms. The minimum Gasteiger partial charge on any atom is -0.361 e. The van der Waals surface area contributed by atoms with E-state index in [0.717, 1.165) is 76.1 Å². The van der Waals surface area contributed by atoms with E-state index in [1.165, 1.54) is 12.0 Å². The van der Waals surface area contributed by atoms with Gasteiger partial charge in [0, 0.05) is 64.3 Å². The maximum atomic E-state index is 12.5. The number of hydrogen-bond acceptors (Lipinski definition) is 5. The molecule has 3 heterocycles. The van der Waals surface area contributed by atoms with Crippen molar-refractivity contribution in [3.63, 3.8) is 0 Å². The van der Waals surface area contributed by atoms with E-state index in [1.54, 1.807) is 0 Å². The van der Waals surface area contributed by atoms with Gasteiger partial charge in [0.1, 0.15) is 5.76 Å². The third-order valence-corrected chi connectivity index (χ3v) is 6.10. The number of nitrogens with zero attached hydrogens (tertiary/aromatic N) is 5. The molecule has 0 aliphatic carbocycles. The van der Waals surface area contributed by atoms with Crippen molar-refractivity contribution in [2.75, 3.05) is 59.4 Å². The number of amides is 1. The van der Waals surface area contributed by atoms with Gasteiger partial charge in [0.05, 0.1) is 12.2 Å². The first-order valence-electron chi connectivity index (χ1n) is 10.9. The number of piperazine rings is 1. The molecule has 2 aliphatic heterocycles. The van der Waals surface area contributed by atoms with Crippen molar-refractivity contribution in [3.05, 3.63) is 17.0 Å². The van der Waals surface area contributed by atoms with Gasteiger partial charge < -0.3 is 19.6 Å². The topological polar surface area (TPSA) is 77.2 Å². The Morgan fingerprint density at radius 1 is 1.10 bits per heavy atom. The van der Waals surface area contributed by atoms with Gasteiger partial charge in [0.25, 0.3) is 0 Å². The van der Waals surface area contributed by atoms with Crippen LogP contribution in [0.15, 0.2) is 9.52 Å². The van der Waals surface area contributed by atoms with E-state index in [1.807, 2.05) is 25.8 Å². The number of nitrogens with one attached hydrogen (secondary N) is 1. The van der Waals surface area contributed by atoms with Crippen LogP contribution >= 0.6 is 24.0 Å². The summed E-state index contributed by atoms with van der Waals surface area (Å²) >= 11 is 0. The molecule has 1 amide bonds. The van der Waals surface area contributed by atoms with Crippen molar-refractivity contribution in [1.82, 2.24) is 25.2 Å². The lowest BCUT2D eigenvalue weighted by atomic mass is 10.00. The largest absolute Gasteiger partial charge is 0.361 e. The Bertz CT molecular complexity index is 689. The summed E-state index contributed by atoms with van der Waals surface area (Å²) in [5, 5.41) is 7.56. The molecule has 1 atom stereocenters. The molecule has 30 heavy (non-hydrogen) atoms. The number of piperidine rings is 1. The van der Waals surface area contributed by atoms with Crippen LogP contribution in [0.5, 0.6) is 0 Å². The molecule has 1 unspecified atom stereocenters. The number of carbonyl (C=O) groups excluding carboxylic acids is 1. The fraction of sp³-hybridized carbons (Fsp3) is 0.762. The van der Waals surface area contributed by atoms with Crippen LogP contribution < -0.4 is 5.32 Å². The van der Waals surface area contributed by atoms with Crippen molar-refractivity contribution >= 4 is 35.8 Å². The van der Waals surface area contributed by atoms with Crippen molar-refractivity contribution in [3.8, 4) is 0 Å². The Balaban J connectivity index is 0.00000320. The summed E-state index contributed by atoms with van der Waals surface area (Å²) in [5.74, 6) is 2.39.